The van der Waals surface area contributed by atoms with Gasteiger partial charge in [-0.15, -0.1) is 0 Å². The molecule has 0 spiro atoms. The van der Waals surface area contributed by atoms with E-state index in [4.69, 9.17) is 5.11 Å². The number of carbonyl (C=O) groups excluding carboxylic acids is 1. The molecule has 4 aromatic rings. The van der Waals surface area contributed by atoms with Gasteiger partial charge in [-0.25, -0.2) is 10.2 Å². The van der Waals surface area contributed by atoms with Crippen molar-refractivity contribution in [2.24, 2.45) is 5.10 Å². The van der Waals surface area contributed by atoms with E-state index in [-0.39, 0.29) is 11.5 Å². The van der Waals surface area contributed by atoms with Gasteiger partial charge in [-0.2, -0.15) is 5.10 Å². The Bertz CT molecular complexity index is 1210. The van der Waals surface area contributed by atoms with Gasteiger partial charge in [0.1, 0.15) is 0 Å². The summed E-state index contributed by atoms with van der Waals surface area (Å²) in [5.41, 5.74) is 5.67. The molecular formula is C23H18N4O3. The summed E-state index contributed by atoms with van der Waals surface area (Å²) in [4.78, 5) is 23.5. The summed E-state index contributed by atoms with van der Waals surface area (Å²) in [6.07, 6.45) is 7.19. The minimum Gasteiger partial charge on any atom is -0.478 e. The summed E-state index contributed by atoms with van der Waals surface area (Å²) in [7, 11) is 0. The summed E-state index contributed by atoms with van der Waals surface area (Å²) in [6.45, 7) is 0. The maximum atomic E-state index is 12.5. The minimum atomic E-state index is -0.973. The fourth-order valence-corrected chi connectivity index (χ4v) is 3.04. The summed E-state index contributed by atoms with van der Waals surface area (Å²) >= 11 is 0. The predicted molar refractivity (Wildman–Crippen MR) is 114 cm³/mol. The molecule has 2 N–H and O–H groups in total. The number of hydrogen-bond acceptors (Lipinski definition) is 3. The fourth-order valence-electron chi connectivity index (χ4n) is 3.04. The second-order valence-corrected chi connectivity index (χ2v) is 6.49. The average Bonchev–Trinajstić information content (AvgIpc) is 3.46. The molecule has 2 heterocycles. The van der Waals surface area contributed by atoms with Crippen LogP contribution in [0.25, 0.3) is 11.4 Å². The molecule has 2 aromatic heterocycles. The number of benzene rings is 2. The molecular weight excluding hydrogens is 380 g/mol. The Kier molecular flexibility index (Phi) is 5.25. The van der Waals surface area contributed by atoms with Gasteiger partial charge in [0.25, 0.3) is 5.91 Å². The topological polar surface area (TPSA) is 88.6 Å². The number of carbonyl (C=O) groups is 2. The third kappa shape index (κ3) is 4.05. The van der Waals surface area contributed by atoms with Gasteiger partial charge < -0.3 is 14.2 Å². The van der Waals surface area contributed by atoms with Crippen LogP contribution in [0.1, 0.15) is 26.4 Å². The van der Waals surface area contributed by atoms with Crippen molar-refractivity contribution in [3.8, 4) is 11.4 Å². The molecule has 0 fully saturated rings. The molecule has 0 saturated carbocycles. The van der Waals surface area contributed by atoms with Crippen LogP contribution in [0.2, 0.25) is 0 Å². The number of nitrogens with one attached hydrogen (secondary N) is 1. The molecule has 0 atom stereocenters. The van der Waals surface area contributed by atoms with Crippen molar-refractivity contribution in [3.63, 3.8) is 0 Å². The van der Waals surface area contributed by atoms with Crippen molar-refractivity contribution in [1.29, 1.82) is 0 Å². The lowest BCUT2D eigenvalue weighted by Gasteiger charge is -2.07. The fraction of sp³-hybridized carbons (Fsp3) is 0. The maximum Gasteiger partial charge on any atom is 0.335 e. The Labute approximate surface area is 172 Å². The van der Waals surface area contributed by atoms with E-state index >= 15 is 0 Å². The molecule has 0 unspecified atom stereocenters. The van der Waals surface area contributed by atoms with Crippen LogP contribution in [0.4, 0.5) is 0 Å². The van der Waals surface area contributed by atoms with Crippen molar-refractivity contribution >= 4 is 18.1 Å². The van der Waals surface area contributed by atoms with E-state index in [2.05, 4.69) is 10.5 Å². The zero-order valence-corrected chi connectivity index (χ0v) is 15.8. The van der Waals surface area contributed by atoms with Gasteiger partial charge in [-0.05, 0) is 66.7 Å². The second kappa shape index (κ2) is 8.32. The number of carboxylic acids is 1. The highest BCUT2D eigenvalue weighted by Gasteiger charge is 2.07. The number of carboxylic acid groups (broad SMARTS) is 1. The Balaban J connectivity index is 1.47. The molecule has 30 heavy (non-hydrogen) atoms. The number of aromatic carboxylic acids is 1. The van der Waals surface area contributed by atoms with E-state index in [0.29, 0.717) is 5.56 Å². The summed E-state index contributed by atoms with van der Waals surface area (Å²) in [6, 6.07) is 21.3. The monoisotopic (exact) mass is 398 g/mol. The molecule has 7 nitrogen and oxygen atoms in total. The number of amides is 1. The van der Waals surface area contributed by atoms with Gasteiger partial charge in [-0.1, -0.05) is 6.07 Å². The SMILES string of the molecule is O=C(O)c1ccc(-n2cccc2/C=N/NC(=O)c2cccc(-n3cccc3)c2)cc1. The number of nitrogens with zero attached hydrogens (tertiary/aromatic N) is 3. The standard InChI is InChI=1S/C23H18N4O3/c28-22(18-5-3-6-20(15-18)26-12-1-2-13-26)25-24-16-21-7-4-14-27(21)19-10-8-17(9-11-19)23(29)30/h1-16H,(H,25,28)(H,29,30)/b24-16+. The van der Waals surface area contributed by atoms with E-state index in [9.17, 15) is 9.59 Å². The Morgan fingerprint density at radius 2 is 1.60 bits per heavy atom. The van der Waals surface area contributed by atoms with E-state index in [1.54, 1.807) is 30.5 Å². The largest absolute Gasteiger partial charge is 0.478 e. The maximum absolute atomic E-state index is 12.5. The van der Waals surface area contributed by atoms with Crippen LogP contribution in [0, 0.1) is 0 Å². The molecule has 0 aliphatic heterocycles. The average molecular weight is 398 g/mol. The molecule has 0 saturated heterocycles. The van der Waals surface area contributed by atoms with Gasteiger partial charge in [-0.3, -0.25) is 4.79 Å². The number of rotatable bonds is 6. The molecule has 0 radical (unpaired) electrons. The normalized spacial score (nSPS) is 10.9. The Morgan fingerprint density at radius 1 is 0.833 bits per heavy atom. The zero-order valence-electron chi connectivity index (χ0n) is 15.8. The van der Waals surface area contributed by atoms with Crippen LogP contribution in [0.15, 0.2) is 96.5 Å². The number of aromatic nitrogens is 2. The number of hydrogen-bond donors (Lipinski definition) is 2. The van der Waals surface area contributed by atoms with Crippen LogP contribution in [0.3, 0.4) is 0 Å². The van der Waals surface area contributed by atoms with Gasteiger partial charge in [0.05, 0.1) is 17.5 Å². The predicted octanol–water partition coefficient (Wildman–Crippen LogP) is 3.73. The third-order valence-electron chi connectivity index (χ3n) is 4.55. The van der Waals surface area contributed by atoms with Gasteiger partial charge >= 0.3 is 5.97 Å². The molecule has 0 aliphatic carbocycles. The lowest BCUT2D eigenvalue weighted by molar-refractivity contribution is 0.0696. The molecule has 1 amide bonds. The van der Waals surface area contributed by atoms with Gasteiger partial charge in [0, 0.05) is 35.5 Å². The van der Waals surface area contributed by atoms with Crippen molar-refractivity contribution in [2.45, 2.75) is 0 Å². The lowest BCUT2D eigenvalue weighted by atomic mass is 10.2. The van der Waals surface area contributed by atoms with Gasteiger partial charge in [0.2, 0.25) is 0 Å². The van der Waals surface area contributed by atoms with E-state index < -0.39 is 5.97 Å². The Hall–Kier alpha value is -4.39. The highest BCUT2D eigenvalue weighted by molar-refractivity contribution is 5.95. The van der Waals surface area contributed by atoms with E-state index in [0.717, 1.165) is 17.1 Å². The summed E-state index contributed by atoms with van der Waals surface area (Å²) in [5.74, 6) is -1.29. The molecule has 2 aromatic carbocycles. The highest BCUT2D eigenvalue weighted by Crippen LogP contribution is 2.13. The first kappa shape index (κ1) is 18.9. The van der Waals surface area contributed by atoms with Crippen molar-refractivity contribution in [3.05, 3.63) is 108 Å². The molecule has 7 heteroatoms. The van der Waals surface area contributed by atoms with E-state index in [1.807, 2.05) is 64.1 Å². The van der Waals surface area contributed by atoms with Crippen molar-refractivity contribution in [2.75, 3.05) is 0 Å². The van der Waals surface area contributed by atoms with Crippen LogP contribution < -0.4 is 5.43 Å². The zero-order chi connectivity index (χ0) is 20.9. The number of hydrazone groups is 1. The molecule has 4 rings (SSSR count). The molecule has 0 aliphatic rings. The molecule has 148 valence electrons. The third-order valence-corrected chi connectivity index (χ3v) is 4.55. The summed E-state index contributed by atoms with van der Waals surface area (Å²) < 4.78 is 3.76. The first-order valence-electron chi connectivity index (χ1n) is 9.20. The summed E-state index contributed by atoms with van der Waals surface area (Å²) in [5, 5.41) is 13.1. The minimum absolute atomic E-state index is 0.218. The molecule has 0 bridgehead atoms. The van der Waals surface area contributed by atoms with Crippen LogP contribution in [0.5, 0.6) is 0 Å². The quantitative estimate of drug-likeness (QED) is 0.383. The van der Waals surface area contributed by atoms with Gasteiger partial charge in [0.15, 0.2) is 0 Å². The van der Waals surface area contributed by atoms with Crippen molar-refractivity contribution in [1.82, 2.24) is 14.6 Å². The first-order valence-corrected chi connectivity index (χ1v) is 9.20. The van der Waals surface area contributed by atoms with Crippen LogP contribution in [-0.2, 0) is 0 Å². The highest BCUT2D eigenvalue weighted by atomic mass is 16.4. The van der Waals surface area contributed by atoms with E-state index in [1.165, 1.54) is 12.1 Å². The van der Waals surface area contributed by atoms with Crippen LogP contribution in [-0.4, -0.2) is 32.3 Å². The Morgan fingerprint density at radius 3 is 2.33 bits per heavy atom. The van der Waals surface area contributed by atoms with Crippen LogP contribution >= 0.6 is 0 Å². The first-order chi connectivity index (χ1) is 14.6. The lowest BCUT2D eigenvalue weighted by Crippen LogP contribution is -2.18. The second-order valence-electron chi connectivity index (χ2n) is 6.49. The smallest absolute Gasteiger partial charge is 0.335 e. The van der Waals surface area contributed by atoms with Crippen molar-refractivity contribution < 1.29 is 14.7 Å².